The van der Waals surface area contributed by atoms with Gasteiger partial charge in [0.2, 0.25) is 0 Å². The third-order valence-corrected chi connectivity index (χ3v) is 3.71. The average molecular weight is 212 g/mol. The summed E-state index contributed by atoms with van der Waals surface area (Å²) in [6.07, 6.45) is 5.76. The zero-order chi connectivity index (χ0) is 10.5. The zero-order valence-electron chi connectivity index (χ0n) is 9.87. The number of piperazine rings is 1. The lowest BCUT2D eigenvalue weighted by Crippen LogP contribution is -2.49. The topological polar surface area (TPSA) is 24.5 Å². The van der Waals surface area contributed by atoms with Crippen LogP contribution in [-0.4, -0.2) is 49.8 Å². The van der Waals surface area contributed by atoms with Crippen LogP contribution in [-0.2, 0) is 4.74 Å². The molecule has 1 aliphatic heterocycles. The molecule has 2 aliphatic rings. The molecule has 2 fully saturated rings. The predicted octanol–water partition coefficient (Wildman–Crippen LogP) is 1.24. The van der Waals surface area contributed by atoms with E-state index < -0.39 is 0 Å². The largest absolute Gasteiger partial charge is 0.379 e. The van der Waals surface area contributed by atoms with Crippen LogP contribution in [0.1, 0.15) is 32.6 Å². The molecule has 1 saturated carbocycles. The van der Waals surface area contributed by atoms with Gasteiger partial charge in [-0.15, -0.1) is 0 Å². The number of nitrogens with one attached hydrogen (secondary N) is 1. The number of hydrogen-bond acceptors (Lipinski definition) is 3. The van der Waals surface area contributed by atoms with Crippen molar-refractivity contribution in [3.8, 4) is 0 Å². The lowest BCUT2D eigenvalue weighted by atomic mass is 9.91. The van der Waals surface area contributed by atoms with Crippen molar-refractivity contribution in [2.24, 2.45) is 0 Å². The molecule has 0 bridgehead atoms. The monoisotopic (exact) mass is 212 g/mol. The Balaban J connectivity index is 1.72. The number of nitrogens with zero attached hydrogens (tertiary/aromatic N) is 1. The summed E-state index contributed by atoms with van der Waals surface area (Å²) in [5.41, 5.74) is 0. The van der Waals surface area contributed by atoms with E-state index in [9.17, 15) is 0 Å². The van der Waals surface area contributed by atoms with E-state index in [1.807, 2.05) is 0 Å². The summed E-state index contributed by atoms with van der Waals surface area (Å²) in [5, 5.41) is 3.42. The Kier molecular flexibility index (Phi) is 4.42. The Morgan fingerprint density at radius 3 is 2.40 bits per heavy atom. The van der Waals surface area contributed by atoms with Gasteiger partial charge < -0.3 is 10.1 Å². The summed E-state index contributed by atoms with van der Waals surface area (Å²) >= 11 is 0. The van der Waals surface area contributed by atoms with Gasteiger partial charge >= 0.3 is 0 Å². The molecule has 0 aromatic rings. The fourth-order valence-electron chi connectivity index (χ4n) is 2.86. The number of ether oxygens (including phenoxy) is 1. The van der Waals surface area contributed by atoms with Gasteiger partial charge in [-0.05, 0) is 32.6 Å². The first-order chi connectivity index (χ1) is 7.40. The van der Waals surface area contributed by atoms with Crippen molar-refractivity contribution in [2.45, 2.75) is 44.8 Å². The van der Waals surface area contributed by atoms with Gasteiger partial charge in [0.25, 0.3) is 0 Å². The summed E-state index contributed by atoms with van der Waals surface area (Å²) in [6.45, 7) is 7.80. The predicted molar refractivity (Wildman–Crippen MR) is 62.1 cm³/mol. The van der Waals surface area contributed by atoms with Gasteiger partial charge in [-0.25, -0.2) is 0 Å². The van der Waals surface area contributed by atoms with Crippen LogP contribution in [0.15, 0.2) is 0 Å². The molecule has 1 aliphatic carbocycles. The second-order valence-electron chi connectivity index (χ2n) is 4.67. The first-order valence-corrected chi connectivity index (χ1v) is 6.46. The second kappa shape index (κ2) is 5.83. The first kappa shape index (κ1) is 11.4. The fourth-order valence-corrected chi connectivity index (χ4v) is 2.86. The van der Waals surface area contributed by atoms with Gasteiger partial charge in [-0.2, -0.15) is 0 Å². The van der Waals surface area contributed by atoms with Gasteiger partial charge in [0.15, 0.2) is 0 Å². The smallest absolute Gasteiger partial charge is 0.0576 e. The minimum Gasteiger partial charge on any atom is -0.379 e. The van der Waals surface area contributed by atoms with E-state index in [1.54, 1.807) is 0 Å². The van der Waals surface area contributed by atoms with Gasteiger partial charge in [0.1, 0.15) is 0 Å². The summed E-state index contributed by atoms with van der Waals surface area (Å²) < 4.78 is 5.69. The molecule has 15 heavy (non-hydrogen) atoms. The van der Waals surface area contributed by atoms with Crippen molar-refractivity contribution < 1.29 is 4.74 Å². The van der Waals surface area contributed by atoms with Crippen LogP contribution in [0.25, 0.3) is 0 Å². The van der Waals surface area contributed by atoms with Crippen molar-refractivity contribution >= 4 is 0 Å². The van der Waals surface area contributed by atoms with Crippen LogP contribution in [0.4, 0.5) is 0 Å². The van der Waals surface area contributed by atoms with Gasteiger partial charge in [-0.1, -0.05) is 0 Å². The van der Waals surface area contributed by atoms with Crippen LogP contribution in [0.2, 0.25) is 0 Å². The number of hydrogen-bond donors (Lipinski definition) is 1. The minimum atomic E-state index is 0.550. The molecule has 0 aromatic heterocycles. The molecular weight excluding hydrogens is 188 g/mol. The molecule has 0 atom stereocenters. The molecule has 1 N–H and O–H groups in total. The van der Waals surface area contributed by atoms with Crippen molar-refractivity contribution in [1.29, 1.82) is 0 Å². The van der Waals surface area contributed by atoms with Crippen LogP contribution >= 0.6 is 0 Å². The normalized spacial score (nSPS) is 34.2. The van der Waals surface area contributed by atoms with Crippen molar-refractivity contribution in [1.82, 2.24) is 10.2 Å². The Hall–Kier alpha value is -0.120. The SMILES string of the molecule is CCOC1CCC(N2CCNCC2)CC1. The highest BCUT2D eigenvalue weighted by Gasteiger charge is 2.26. The zero-order valence-corrected chi connectivity index (χ0v) is 9.87. The van der Waals surface area contributed by atoms with E-state index in [0.717, 1.165) is 12.6 Å². The first-order valence-electron chi connectivity index (χ1n) is 6.46. The molecule has 0 radical (unpaired) electrons. The molecule has 0 aromatic carbocycles. The number of rotatable bonds is 3. The average Bonchev–Trinajstić information content (AvgIpc) is 2.32. The minimum absolute atomic E-state index is 0.550. The summed E-state index contributed by atoms with van der Waals surface area (Å²) in [6, 6.07) is 0.837. The quantitative estimate of drug-likeness (QED) is 0.762. The van der Waals surface area contributed by atoms with Crippen LogP contribution in [0.3, 0.4) is 0 Å². The Labute approximate surface area is 93.2 Å². The molecule has 3 heteroatoms. The molecule has 1 saturated heterocycles. The highest BCUT2D eigenvalue weighted by atomic mass is 16.5. The van der Waals surface area contributed by atoms with Crippen molar-refractivity contribution in [3.05, 3.63) is 0 Å². The van der Waals surface area contributed by atoms with E-state index in [4.69, 9.17) is 4.74 Å². The molecule has 0 unspecified atom stereocenters. The highest BCUT2D eigenvalue weighted by Crippen LogP contribution is 2.25. The third kappa shape index (κ3) is 3.16. The van der Waals surface area contributed by atoms with E-state index >= 15 is 0 Å². The van der Waals surface area contributed by atoms with Crippen LogP contribution < -0.4 is 5.32 Å². The second-order valence-corrected chi connectivity index (χ2v) is 4.67. The Morgan fingerprint density at radius 2 is 1.80 bits per heavy atom. The summed E-state index contributed by atoms with van der Waals surface area (Å²) in [7, 11) is 0. The van der Waals surface area contributed by atoms with Crippen molar-refractivity contribution in [2.75, 3.05) is 32.8 Å². The lowest BCUT2D eigenvalue weighted by molar-refractivity contribution is 0.0117. The van der Waals surface area contributed by atoms with Gasteiger partial charge in [-0.3, -0.25) is 4.90 Å². The lowest BCUT2D eigenvalue weighted by Gasteiger charge is -2.38. The maximum Gasteiger partial charge on any atom is 0.0576 e. The molecule has 1 heterocycles. The molecule has 0 spiro atoms. The molecule has 2 rings (SSSR count). The summed E-state index contributed by atoms with van der Waals surface area (Å²) in [5.74, 6) is 0. The molecular formula is C12H24N2O. The Bertz CT molecular complexity index is 172. The Morgan fingerprint density at radius 1 is 1.13 bits per heavy atom. The molecule has 88 valence electrons. The van der Waals surface area contributed by atoms with Gasteiger partial charge in [0, 0.05) is 38.8 Å². The van der Waals surface area contributed by atoms with Gasteiger partial charge in [0.05, 0.1) is 6.10 Å². The fraction of sp³-hybridized carbons (Fsp3) is 1.00. The van der Waals surface area contributed by atoms with E-state index in [2.05, 4.69) is 17.1 Å². The third-order valence-electron chi connectivity index (χ3n) is 3.71. The van der Waals surface area contributed by atoms with Crippen LogP contribution in [0, 0.1) is 0 Å². The van der Waals surface area contributed by atoms with E-state index in [0.29, 0.717) is 6.10 Å². The molecule has 0 amide bonds. The van der Waals surface area contributed by atoms with E-state index in [-0.39, 0.29) is 0 Å². The van der Waals surface area contributed by atoms with Crippen molar-refractivity contribution in [3.63, 3.8) is 0 Å². The molecule has 3 nitrogen and oxygen atoms in total. The van der Waals surface area contributed by atoms with Crippen LogP contribution in [0.5, 0.6) is 0 Å². The highest BCUT2D eigenvalue weighted by molar-refractivity contribution is 4.82. The maximum atomic E-state index is 5.69. The van der Waals surface area contributed by atoms with E-state index in [1.165, 1.54) is 51.9 Å². The standard InChI is InChI=1S/C12H24N2O/c1-2-15-12-5-3-11(4-6-12)14-9-7-13-8-10-14/h11-13H,2-10H2,1H3. The summed E-state index contributed by atoms with van der Waals surface area (Å²) in [4.78, 5) is 2.67. The maximum absolute atomic E-state index is 5.69.